The summed E-state index contributed by atoms with van der Waals surface area (Å²) in [5, 5.41) is 2.82. The number of carbonyl (C=O) groups is 2. The first-order chi connectivity index (χ1) is 18.1. The maximum Gasteiger partial charge on any atom is 0.264 e. The van der Waals surface area contributed by atoms with E-state index >= 15 is 0 Å². The van der Waals surface area contributed by atoms with Crippen LogP contribution in [0.5, 0.6) is 0 Å². The summed E-state index contributed by atoms with van der Waals surface area (Å²) in [6.45, 7) is 9.58. The summed E-state index contributed by atoms with van der Waals surface area (Å²) < 4.78 is 28.9. The number of amides is 2. The zero-order valence-corrected chi connectivity index (χ0v) is 23.6. The van der Waals surface area contributed by atoms with Crippen LogP contribution in [-0.2, 0) is 26.2 Å². The van der Waals surface area contributed by atoms with Gasteiger partial charge in [-0.2, -0.15) is 0 Å². The van der Waals surface area contributed by atoms with Gasteiger partial charge in [0.25, 0.3) is 10.0 Å². The van der Waals surface area contributed by atoms with Crippen molar-refractivity contribution in [1.29, 1.82) is 0 Å². The zero-order chi connectivity index (χ0) is 27.9. The molecule has 3 rings (SSSR count). The maximum absolute atomic E-state index is 14.0. The lowest BCUT2D eigenvalue weighted by molar-refractivity contribution is -0.140. The molecule has 0 radical (unpaired) electrons. The lowest BCUT2D eigenvalue weighted by Crippen LogP contribution is -2.52. The first-order valence-electron chi connectivity index (χ1n) is 12.9. The molecule has 7 nitrogen and oxygen atoms in total. The van der Waals surface area contributed by atoms with Gasteiger partial charge in [0, 0.05) is 13.1 Å². The Balaban J connectivity index is 2.08. The third-order valence-electron chi connectivity index (χ3n) is 6.28. The minimum atomic E-state index is -4.07. The summed E-state index contributed by atoms with van der Waals surface area (Å²) in [5.41, 5.74) is 4.06. The van der Waals surface area contributed by atoms with E-state index in [4.69, 9.17) is 0 Å². The number of likely N-dealkylation sites (N-methyl/N-ethyl adjacent to an activating group) is 1. The van der Waals surface area contributed by atoms with E-state index in [1.54, 1.807) is 30.3 Å². The van der Waals surface area contributed by atoms with Gasteiger partial charge in [-0.25, -0.2) is 8.42 Å². The lowest BCUT2D eigenvalue weighted by Gasteiger charge is -2.33. The van der Waals surface area contributed by atoms with E-state index in [9.17, 15) is 18.0 Å². The number of hydrogen-bond acceptors (Lipinski definition) is 4. The van der Waals surface area contributed by atoms with Crippen molar-refractivity contribution in [3.63, 3.8) is 0 Å². The first kappa shape index (κ1) is 28.9. The predicted molar refractivity (Wildman–Crippen MR) is 151 cm³/mol. The van der Waals surface area contributed by atoms with E-state index in [0.717, 1.165) is 26.6 Å². The molecule has 0 unspecified atom stereocenters. The molecule has 0 bridgehead atoms. The highest BCUT2D eigenvalue weighted by Gasteiger charge is 2.33. The van der Waals surface area contributed by atoms with Crippen molar-refractivity contribution >= 4 is 27.5 Å². The minimum absolute atomic E-state index is 0.0907. The molecule has 8 heteroatoms. The molecule has 202 valence electrons. The molecule has 2 amide bonds. The Morgan fingerprint density at radius 2 is 1.50 bits per heavy atom. The number of nitrogens with zero attached hydrogens (tertiary/aromatic N) is 2. The normalized spacial score (nSPS) is 12.0. The minimum Gasteiger partial charge on any atom is -0.355 e. The van der Waals surface area contributed by atoms with Crippen molar-refractivity contribution < 1.29 is 18.0 Å². The van der Waals surface area contributed by atoms with Crippen molar-refractivity contribution in [2.45, 2.75) is 58.5 Å². The lowest BCUT2D eigenvalue weighted by atomic mass is 10.1. The maximum atomic E-state index is 14.0. The fourth-order valence-corrected chi connectivity index (χ4v) is 5.98. The molecular formula is C30H37N3O4S. The van der Waals surface area contributed by atoms with Crippen LogP contribution in [0, 0.1) is 20.8 Å². The smallest absolute Gasteiger partial charge is 0.264 e. The van der Waals surface area contributed by atoms with Gasteiger partial charge in [-0.05, 0) is 75.1 Å². The van der Waals surface area contributed by atoms with Crippen LogP contribution in [-0.4, -0.2) is 44.3 Å². The van der Waals surface area contributed by atoms with Crippen molar-refractivity contribution in [1.82, 2.24) is 10.2 Å². The van der Waals surface area contributed by atoms with Crippen LogP contribution in [0.25, 0.3) is 0 Å². The van der Waals surface area contributed by atoms with Gasteiger partial charge in [0.2, 0.25) is 11.8 Å². The molecule has 0 spiro atoms. The van der Waals surface area contributed by atoms with Gasteiger partial charge in [0.05, 0.1) is 10.6 Å². The zero-order valence-electron chi connectivity index (χ0n) is 22.8. The van der Waals surface area contributed by atoms with Crippen LogP contribution in [0.15, 0.2) is 77.7 Å². The Kier molecular flexibility index (Phi) is 9.69. The van der Waals surface area contributed by atoms with Gasteiger partial charge in [0.15, 0.2) is 0 Å². The topological polar surface area (TPSA) is 86.8 Å². The van der Waals surface area contributed by atoms with E-state index in [1.807, 2.05) is 65.0 Å². The van der Waals surface area contributed by atoms with Crippen molar-refractivity contribution in [2.24, 2.45) is 0 Å². The molecule has 0 aliphatic heterocycles. The second-order valence-corrected chi connectivity index (χ2v) is 11.4. The summed E-state index contributed by atoms with van der Waals surface area (Å²) in [6.07, 6.45) is 0.387. The predicted octanol–water partition coefficient (Wildman–Crippen LogP) is 4.75. The molecule has 0 saturated heterocycles. The molecule has 38 heavy (non-hydrogen) atoms. The molecule has 0 fully saturated rings. The van der Waals surface area contributed by atoms with E-state index < -0.39 is 28.5 Å². The molecule has 0 heterocycles. The molecular weight excluding hydrogens is 498 g/mol. The summed E-state index contributed by atoms with van der Waals surface area (Å²) in [7, 11) is -4.07. The number of aryl methyl sites for hydroxylation is 3. The monoisotopic (exact) mass is 535 g/mol. The summed E-state index contributed by atoms with van der Waals surface area (Å²) >= 11 is 0. The summed E-state index contributed by atoms with van der Waals surface area (Å²) in [6, 6.07) is 20.5. The van der Waals surface area contributed by atoms with E-state index in [0.29, 0.717) is 18.7 Å². The van der Waals surface area contributed by atoms with E-state index in [1.165, 1.54) is 17.0 Å². The highest BCUT2D eigenvalue weighted by molar-refractivity contribution is 7.92. The number of anilines is 1. The van der Waals surface area contributed by atoms with Crippen LogP contribution in [0.4, 0.5) is 5.69 Å². The van der Waals surface area contributed by atoms with Crippen LogP contribution in [0.2, 0.25) is 0 Å². The Labute approximate surface area is 226 Å². The summed E-state index contributed by atoms with van der Waals surface area (Å²) in [4.78, 5) is 28.6. The second-order valence-electron chi connectivity index (χ2n) is 9.50. The fourth-order valence-electron chi connectivity index (χ4n) is 4.56. The van der Waals surface area contributed by atoms with Crippen LogP contribution < -0.4 is 9.62 Å². The van der Waals surface area contributed by atoms with E-state index in [2.05, 4.69) is 5.32 Å². The van der Waals surface area contributed by atoms with Crippen molar-refractivity contribution in [2.75, 3.05) is 17.4 Å². The van der Waals surface area contributed by atoms with Gasteiger partial charge in [0.1, 0.15) is 12.6 Å². The van der Waals surface area contributed by atoms with Gasteiger partial charge >= 0.3 is 0 Å². The standard InChI is InChI=1S/C30H37N3O4S/c1-6-28(30(35)31-7-2)32(20-25-13-11-12-22(3)17-25)29(34)21-33(26-18-23(4)16-24(5)19-26)38(36,37)27-14-9-8-10-15-27/h8-19,28H,6-7,20-21H2,1-5H3,(H,31,35)/t28-/m1/s1. The third kappa shape index (κ3) is 7.01. The van der Waals surface area contributed by atoms with Crippen LogP contribution in [0.1, 0.15) is 42.5 Å². The first-order valence-corrected chi connectivity index (χ1v) is 14.3. The molecule has 0 aliphatic carbocycles. The second kappa shape index (κ2) is 12.7. The SMILES string of the molecule is CCNC(=O)[C@@H](CC)N(Cc1cccc(C)c1)C(=O)CN(c1cc(C)cc(C)c1)S(=O)(=O)c1ccccc1. The van der Waals surface area contributed by atoms with Gasteiger partial charge in [-0.3, -0.25) is 13.9 Å². The molecule has 1 N–H and O–H groups in total. The Bertz CT molecular complexity index is 1350. The number of benzene rings is 3. The molecule has 3 aromatic rings. The molecule has 0 aromatic heterocycles. The van der Waals surface area contributed by atoms with Gasteiger partial charge < -0.3 is 10.2 Å². The Hall–Kier alpha value is -3.65. The molecule has 1 atom stereocenters. The van der Waals surface area contributed by atoms with Crippen LogP contribution >= 0.6 is 0 Å². The van der Waals surface area contributed by atoms with Gasteiger partial charge in [-0.15, -0.1) is 0 Å². The number of sulfonamides is 1. The quantitative estimate of drug-likeness (QED) is 0.384. The highest BCUT2D eigenvalue weighted by Crippen LogP contribution is 2.27. The highest BCUT2D eigenvalue weighted by atomic mass is 32.2. The number of hydrogen-bond donors (Lipinski definition) is 1. The summed E-state index contributed by atoms with van der Waals surface area (Å²) in [5.74, 6) is -0.719. The Morgan fingerprint density at radius 3 is 2.08 bits per heavy atom. The Morgan fingerprint density at radius 1 is 0.842 bits per heavy atom. The van der Waals surface area contributed by atoms with Gasteiger partial charge in [-0.1, -0.05) is 61.0 Å². The van der Waals surface area contributed by atoms with Crippen molar-refractivity contribution in [3.8, 4) is 0 Å². The fraction of sp³-hybridized carbons (Fsp3) is 0.333. The molecule has 0 saturated carbocycles. The number of nitrogens with one attached hydrogen (secondary N) is 1. The van der Waals surface area contributed by atoms with E-state index in [-0.39, 0.29) is 17.3 Å². The molecule has 3 aromatic carbocycles. The van der Waals surface area contributed by atoms with Crippen molar-refractivity contribution in [3.05, 3.63) is 95.1 Å². The van der Waals surface area contributed by atoms with Crippen LogP contribution in [0.3, 0.4) is 0 Å². The molecule has 0 aliphatic rings. The average molecular weight is 536 g/mol. The number of carbonyl (C=O) groups excluding carboxylic acids is 2. The average Bonchev–Trinajstić information content (AvgIpc) is 2.87. The third-order valence-corrected chi connectivity index (χ3v) is 8.06. The number of rotatable bonds is 11. The largest absolute Gasteiger partial charge is 0.355 e.